The molecule has 0 unspecified atom stereocenters. The van der Waals surface area contributed by atoms with E-state index in [1.165, 1.54) is 0 Å². The maximum absolute atomic E-state index is 12.7. The van der Waals surface area contributed by atoms with Crippen LogP contribution in [0.15, 0.2) is 5.03 Å². The lowest BCUT2D eigenvalue weighted by molar-refractivity contribution is 0.287. The monoisotopic (exact) mass is 300 g/mol. The number of H-pyrrole nitrogens is 1. The van der Waals surface area contributed by atoms with E-state index in [2.05, 4.69) is 22.4 Å². The van der Waals surface area contributed by atoms with Crippen molar-refractivity contribution in [2.45, 2.75) is 45.2 Å². The van der Waals surface area contributed by atoms with Gasteiger partial charge in [-0.2, -0.15) is 9.40 Å². The third-order valence-electron chi connectivity index (χ3n) is 3.91. The van der Waals surface area contributed by atoms with Gasteiger partial charge in [-0.25, -0.2) is 8.42 Å². The van der Waals surface area contributed by atoms with Gasteiger partial charge in [0.1, 0.15) is 0 Å². The summed E-state index contributed by atoms with van der Waals surface area (Å²) >= 11 is 0. The molecule has 0 aliphatic carbocycles. The molecular formula is C13H24N4O2S. The Kier molecular flexibility index (Phi) is 4.82. The number of hydrogen-bond acceptors (Lipinski definition) is 4. The van der Waals surface area contributed by atoms with E-state index in [9.17, 15) is 8.42 Å². The minimum atomic E-state index is -3.47. The Morgan fingerprint density at radius 1 is 1.40 bits per heavy atom. The molecule has 0 aromatic carbocycles. The van der Waals surface area contributed by atoms with Crippen molar-refractivity contribution in [3.63, 3.8) is 0 Å². The van der Waals surface area contributed by atoms with E-state index in [4.69, 9.17) is 0 Å². The molecule has 6 nitrogen and oxygen atoms in total. The van der Waals surface area contributed by atoms with Crippen molar-refractivity contribution >= 4 is 10.0 Å². The number of aromatic amines is 1. The predicted molar refractivity (Wildman–Crippen MR) is 77.9 cm³/mol. The Balaban J connectivity index is 2.25. The summed E-state index contributed by atoms with van der Waals surface area (Å²) in [7, 11) is -3.47. The summed E-state index contributed by atoms with van der Waals surface area (Å²) in [5.74, 6) is 0.601. The van der Waals surface area contributed by atoms with Crippen LogP contribution in [0.4, 0.5) is 0 Å². The first-order valence-electron chi connectivity index (χ1n) is 7.21. The Bertz CT molecular complexity index is 545. The standard InChI is InChI=1S/C13H24N4O2S/c1-4-14-9-12-11(3)15-16-13(12)20(18,19)17-7-5-10(2)6-8-17/h10,14H,4-9H2,1-3H3,(H,15,16). The number of hydrogen-bond donors (Lipinski definition) is 2. The molecule has 0 amide bonds. The number of aryl methyl sites for hydroxylation is 1. The van der Waals surface area contributed by atoms with E-state index in [-0.39, 0.29) is 5.03 Å². The molecule has 0 bridgehead atoms. The molecule has 1 aliphatic rings. The summed E-state index contributed by atoms with van der Waals surface area (Å²) in [6.45, 7) is 8.53. The van der Waals surface area contributed by atoms with E-state index in [0.717, 1.165) is 30.6 Å². The summed E-state index contributed by atoms with van der Waals surface area (Å²) in [6, 6.07) is 0. The smallest absolute Gasteiger partial charge is 0.262 e. The zero-order valence-corrected chi connectivity index (χ0v) is 13.3. The van der Waals surface area contributed by atoms with Crippen molar-refractivity contribution in [2.24, 2.45) is 5.92 Å². The second-order valence-electron chi connectivity index (χ2n) is 5.50. The van der Waals surface area contributed by atoms with Crippen LogP contribution in [0.25, 0.3) is 0 Å². The Hall–Kier alpha value is -0.920. The van der Waals surface area contributed by atoms with Gasteiger partial charge >= 0.3 is 0 Å². The molecule has 1 aromatic rings. The Morgan fingerprint density at radius 2 is 2.05 bits per heavy atom. The predicted octanol–water partition coefficient (Wildman–Crippen LogP) is 1.25. The van der Waals surface area contributed by atoms with Crippen molar-refractivity contribution in [1.82, 2.24) is 19.8 Å². The van der Waals surface area contributed by atoms with Crippen molar-refractivity contribution in [3.05, 3.63) is 11.3 Å². The van der Waals surface area contributed by atoms with Crippen LogP contribution in [0, 0.1) is 12.8 Å². The largest absolute Gasteiger partial charge is 0.313 e. The Labute approximate surface area is 121 Å². The Morgan fingerprint density at radius 3 is 2.65 bits per heavy atom. The fraction of sp³-hybridized carbons (Fsp3) is 0.769. The second kappa shape index (κ2) is 6.24. The molecular weight excluding hydrogens is 276 g/mol. The number of nitrogens with one attached hydrogen (secondary N) is 2. The molecule has 2 heterocycles. The number of rotatable bonds is 5. The van der Waals surface area contributed by atoms with Gasteiger partial charge in [0.05, 0.1) is 0 Å². The van der Waals surface area contributed by atoms with Gasteiger partial charge in [0.15, 0.2) is 5.03 Å². The van der Waals surface area contributed by atoms with Crippen LogP contribution in [0.3, 0.4) is 0 Å². The van der Waals surface area contributed by atoms with Gasteiger partial charge in [-0.3, -0.25) is 5.10 Å². The summed E-state index contributed by atoms with van der Waals surface area (Å²) in [4.78, 5) is 0. The first-order chi connectivity index (χ1) is 9.46. The van der Waals surface area contributed by atoms with Crippen LogP contribution >= 0.6 is 0 Å². The molecule has 1 aliphatic heterocycles. The van der Waals surface area contributed by atoms with Gasteiger partial charge < -0.3 is 5.32 Å². The summed E-state index contributed by atoms with van der Waals surface area (Å²) in [5, 5.41) is 10.2. The lowest BCUT2D eigenvalue weighted by atomic mass is 10.0. The van der Waals surface area contributed by atoms with Crippen LogP contribution in [-0.2, 0) is 16.6 Å². The molecule has 114 valence electrons. The summed E-state index contributed by atoms with van der Waals surface area (Å²) < 4.78 is 27.0. The topological polar surface area (TPSA) is 78.1 Å². The van der Waals surface area contributed by atoms with Gasteiger partial charge in [0, 0.05) is 30.9 Å². The highest BCUT2D eigenvalue weighted by Gasteiger charge is 2.32. The van der Waals surface area contributed by atoms with E-state index in [1.807, 2.05) is 13.8 Å². The minimum Gasteiger partial charge on any atom is -0.313 e. The van der Waals surface area contributed by atoms with Crippen LogP contribution in [0.2, 0.25) is 0 Å². The fourth-order valence-electron chi connectivity index (χ4n) is 2.45. The maximum atomic E-state index is 12.7. The quantitative estimate of drug-likeness (QED) is 0.858. The number of sulfonamides is 1. The molecule has 7 heteroatoms. The van der Waals surface area contributed by atoms with Crippen molar-refractivity contribution in [3.8, 4) is 0 Å². The molecule has 1 fully saturated rings. The molecule has 2 N–H and O–H groups in total. The third-order valence-corrected chi connectivity index (χ3v) is 5.79. The summed E-state index contributed by atoms with van der Waals surface area (Å²) in [5.41, 5.74) is 1.57. The highest BCUT2D eigenvalue weighted by molar-refractivity contribution is 7.89. The molecule has 0 radical (unpaired) electrons. The van der Waals surface area contributed by atoms with Crippen molar-refractivity contribution < 1.29 is 8.42 Å². The van der Waals surface area contributed by atoms with E-state index < -0.39 is 10.0 Å². The second-order valence-corrected chi connectivity index (χ2v) is 7.35. The maximum Gasteiger partial charge on any atom is 0.262 e. The molecule has 0 spiro atoms. The van der Waals surface area contributed by atoms with Gasteiger partial charge in [-0.1, -0.05) is 13.8 Å². The molecule has 0 atom stereocenters. The number of nitrogens with zero attached hydrogens (tertiary/aromatic N) is 2. The average molecular weight is 300 g/mol. The average Bonchev–Trinajstić information content (AvgIpc) is 2.79. The fourth-order valence-corrected chi connectivity index (χ4v) is 4.08. The zero-order valence-electron chi connectivity index (χ0n) is 12.4. The minimum absolute atomic E-state index is 0.186. The van der Waals surface area contributed by atoms with Gasteiger partial charge in [0.25, 0.3) is 10.0 Å². The highest BCUT2D eigenvalue weighted by atomic mass is 32.2. The SMILES string of the molecule is CCNCc1c(S(=O)(=O)N2CCC(C)CC2)n[nH]c1C. The third kappa shape index (κ3) is 3.05. The molecule has 1 saturated heterocycles. The molecule has 2 rings (SSSR count). The molecule has 1 aromatic heterocycles. The van der Waals surface area contributed by atoms with Crippen molar-refractivity contribution in [1.29, 1.82) is 0 Å². The van der Waals surface area contributed by atoms with Crippen LogP contribution < -0.4 is 5.32 Å². The zero-order chi connectivity index (χ0) is 14.8. The highest BCUT2D eigenvalue weighted by Crippen LogP contribution is 2.25. The van der Waals surface area contributed by atoms with Crippen molar-refractivity contribution in [2.75, 3.05) is 19.6 Å². The molecule has 20 heavy (non-hydrogen) atoms. The van der Waals surface area contributed by atoms with Crippen LogP contribution in [0.5, 0.6) is 0 Å². The van der Waals surface area contributed by atoms with Gasteiger partial charge in [-0.15, -0.1) is 0 Å². The van der Waals surface area contributed by atoms with Crippen LogP contribution in [-0.4, -0.2) is 42.6 Å². The van der Waals surface area contributed by atoms with E-state index >= 15 is 0 Å². The summed E-state index contributed by atoms with van der Waals surface area (Å²) in [6.07, 6.45) is 1.84. The number of piperidine rings is 1. The normalized spacial score (nSPS) is 18.6. The van der Waals surface area contributed by atoms with Crippen LogP contribution in [0.1, 0.15) is 37.9 Å². The molecule has 0 saturated carbocycles. The van der Waals surface area contributed by atoms with Gasteiger partial charge in [0.2, 0.25) is 0 Å². The van der Waals surface area contributed by atoms with E-state index in [1.54, 1.807) is 4.31 Å². The number of aromatic nitrogens is 2. The first-order valence-corrected chi connectivity index (χ1v) is 8.65. The lowest BCUT2D eigenvalue weighted by Gasteiger charge is -2.29. The van der Waals surface area contributed by atoms with Gasteiger partial charge in [-0.05, 0) is 32.2 Å². The van der Waals surface area contributed by atoms with E-state index in [0.29, 0.717) is 25.6 Å². The first kappa shape index (κ1) is 15.5. The lowest BCUT2D eigenvalue weighted by Crippen LogP contribution is -2.38.